The molecule has 1 amide bonds. The lowest BCUT2D eigenvalue weighted by molar-refractivity contribution is 0.0679. The van der Waals surface area contributed by atoms with Crippen LogP contribution in [0.4, 0.5) is 4.39 Å². The van der Waals surface area contributed by atoms with E-state index in [9.17, 15) is 17.6 Å². The number of hydrogen-bond donors (Lipinski definition) is 0. The van der Waals surface area contributed by atoms with Gasteiger partial charge in [-0.1, -0.05) is 18.2 Å². The summed E-state index contributed by atoms with van der Waals surface area (Å²) in [5.41, 5.74) is 0.775. The molecule has 1 saturated heterocycles. The summed E-state index contributed by atoms with van der Waals surface area (Å²) in [5.74, 6) is -0.138. The summed E-state index contributed by atoms with van der Waals surface area (Å²) in [6.45, 7) is 3.85. The van der Waals surface area contributed by atoms with Crippen LogP contribution in [0.1, 0.15) is 36.2 Å². The molecule has 150 valence electrons. The molecule has 1 heterocycles. The highest BCUT2D eigenvalue weighted by molar-refractivity contribution is 7.91. The molecule has 7 heteroatoms. The Bertz CT molecular complexity index is 941. The van der Waals surface area contributed by atoms with E-state index in [1.807, 2.05) is 13.8 Å². The molecule has 0 bridgehead atoms. The Labute approximate surface area is 165 Å². The van der Waals surface area contributed by atoms with Crippen LogP contribution in [-0.2, 0) is 16.4 Å². The molecule has 3 rings (SSSR count). The number of ether oxygens (including phenoxy) is 1. The van der Waals surface area contributed by atoms with E-state index in [1.165, 1.54) is 11.0 Å². The van der Waals surface area contributed by atoms with Gasteiger partial charge in [0.1, 0.15) is 11.6 Å². The Kier molecular flexibility index (Phi) is 6.03. The van der Waals surface area contributed by atoms with Crippen molar-refractivity contribution in [2.75, 3.05) is 11.5 Å². The number of amides is 1. The van der Waals surface area contributed by atoms with Crippen LogP contribution in [0, 0.1) is 5.82 Å². The molecule has 0 aromatic heterocycles. The van der Waals surface area contributed by atoms with E-state index in [-0.39, 0.29) is 30.1 Å². The van der Waals surface area contributed by atoms with Gasteiger partial charge in [0.15, 0.2) is 9.84 Å². The van der Waals surface area contributed by atoms with E-state index >= 15 is 0 Å². The minimum atomic E-state index is -3.19. The second kappa shape index (κ2) is 8.31. The fourth-order valence-corrected chi connectivity index (χ4v) is 5.04. The van der Waals surface area contributed by atoms with Gasteiger partial charge in [-0.3, -0.25) is 4.79 Å². The van der Waals surface area contributed by atoms with Crippen LogP contribution in [0.3, 0.4) is 0 Å². The first-order valence-corrected chi connectivity index (χ1v) is 11.1. The summed E-state index contributed by atoms with van der Waals surface area (Å²) in [4.78, 5) is 14.6. The minimum absolute atomic E-state index is 0.0165. The lowest BCUT2D eigenvalue weighted by Crippen LogP contribution is -2.40. The maximum atomic E-state index is 14.2. The molecule has 1 aliphatic heterocycles. The smallest absolute Gasteiger partial charge is 0.254 e. The van der Waals surface area contributed by atoms with Crippen molar-refractivity contribution in [1.82, 2.24) is 4.90 Å². The average Bonchev–Trinajstić information content (AvgIpc) is 3.00. The van der Waals surface area contributed by atoms with Crippen molar-refractivity contribution in [3.63, 3.8) is 0 Å². The van der Waals surface area contributed by atoms with Gasteiger partial charge >= 0.3 is 0 Å². The van der Waals surface area contributed by atoms with Crippen molar-refractivity contribution in [2.45, 2.75) is 39.0 Å². The van der Waals surface area contributed by atoms with Crippen LogP contribution in [-0.4, -0.2) is 42.9 Å². The molecule has 1 atom stereocenters. The Morgan fingerprint density at radius 1 is 1.18 bits per heavy atom. The summed E-state index contributed by atoms with van der Waals surface area (Å²) >= 11 is 0. The first-order chi connectivity index (χ1) is 13.2. The van der Waals surface area contributed by atoms with Crippen LogP contribution in [0.15, 0.2) is 48.5 Å². The summed E-state index contributed by atoms with van der Waals surface area (Å²) in [5, 5.41) is 0. The molecule has 2 aromatic rings. The number of hydrogen-bond acceptors (Lipinski definition) is 4. The number of carbonyl (C=O) groups is 1. The molecule has 28 heavy (non-hydrogen) atoms. The third kappa shape index (κ3) is 4.90. The summed E-state index contributed by atoms with van der Waals surface area (Å²) in [7, 11) is -3.19. The van der Waals surface area contributed by atoms with Crippen LogP contribution in [0.25, 0.3) is 0 Å². The van der Waals surface area contributed by atoms with Crippen LogP contribution in [0.2, 0.25) is 0 Å². The van der Waals surface area contributed by atoms with Gasteiger partial charge in [0.2, 0.25) is 0 Å². The van der Waals surface area contributed by atoms with E-state index in [0.717, 1.165) is 0 Å². The van der Waals surface area contributed by atoms with E-state index < -0.39 is 21.7 Å². The number of nitrogens with zero attached hydrogens (tertiary/aromatic N) is 1. The van der Waals surface area contributed by atoms with Gasteiger partial charge in [0, 0.05) is 23.7 Å². The topological polar surface area (TPSA) is 63.7 Å². The van der Waals surface area contributed by atoms with Gasteiger partial charge in [-0.25, -0.2) is 12.8 Å². The number of rotatable bonds is 6. The van der Waals surface area contributed by atoms with Crippen LogP contribution < -0.4 is 4.74 Å². The van der Waals surface area contributed by atoms with E-state index in [0.29, 0.717) is 23.3 Å². The lowest BCUT2D eigenvalue weighted by atomic mass is 10.1. The fraction of sp³-hybridized carbons (Fsp3) is 0.381. The highest BCUT2D eigenvalue weighted by Gasteiger charge is 2.35. The van der Waals surface area contributed by atoms with Crippen molar-refractivity contribution in [1.29, 1.82) is 0 Å². The molecule has 0 saturated carbocycles. The molecular formula is C21H24FNO4S. The second-order valence-corrected chi connectivity index (χ2v) is 9.50. The SMILES string of the molecule is CC(C)Oc1ccc(C(=O)N(Cc2ccccc2F)[C@H]2CCS(=O)(=O)C2)cc1. The van der Waals surface area contributed by atoms with Crippen molar-refractivity contribution < 1.29 is 22.3 Å². The Morgan fingerprint density at radius 3 is 2.43 bits per heavy atom. The third-order valence-corrected chi connectivity index (χ3v) is 6.43. The Morgan fingerprint density at radius 2 is 1.86 bits per heavy atom. The summed E-state index contributed by atoms with van der Waals surface area (Å²) < 4.78 is 43.6. The molecule has 2 aromatic carbocycles. The van der Waals surface area contributed by atoms with Crippen molar-refractivity contribution in [3.05, 3.63) is 65.5 Å². The van der Waals surface area contributed by atoms with E-state index in [2.05, 4.69) is 0 Å². The van der Waals surface area contributed by atoms with Crippen molar-refractivity contribution >= 4 is 15.7 Å². The molecule has 0 spiro atoms. The highest BCUT2D eigenvalue weighted by atomic mass is 32.2. The minimum Gasteiger partial charge on any atom is -0.491 e. The number of halogens is 1. The van der Waals surface area contributed by atoms with E-state index in [4.69, 9.17) is 4.74 Å². The maximum absolute atomic E-state index is 14.2. The number of benzene rings is 2. The van der Waals surface area contributed by atoms with E-state index in [1.54, 1.807) is 42.5 Å². The average molecular weight is 405 g/mol. The third-order valence-electron chi connectivity index (χ3n) is 4.68. The first-order valence-electron chi connectivity index (χ1n) is 9.27. The molecular weight excluding hydrogens is 381 g/mol. The van der Waals surface area contributed by atoms with Gasteiger partial charge in [0.05, 0.1) is 17.6 Å². The van der Waals surface area contributed by atoms with Crippen molar-refractivity contribution in [3.8, 4) is 5.75 Å². The Balaban J connectivity index is 1.87. The summed E-state index contributed by atoms with van der Waals surface area (Å²) in [6, 6.07) is 12.5. The molecule has 5 nitrogen and oxygen atoms in total. The normalized spacial score (nSPS) is 18.2. The quantitative estimate of drug-likeness (QED) is 0.739. The van der Waals surface area contributed by atoms with Crippen LogP contribution >= 0.6 is 0 Å². The molecule has 1 aliphatic rings. The van der Waals surface area contributed by atoms with Gasteiger partial charge in [-0.15, -0.1) is 0 Å². The van der Waals surface area contributed by atoms with Gasteiger partial charge in [-0.2, -0.15) is 0 Å². The molecule has 0 unspecified atom stereocenters. The lowest BCUT2D eigenvalue weighted by Gasteiger charge is -2.29. The zero-order valence-corrected chi connectivity index (χ0v) is 16.8. The standard InChI is InChI=1S/C21H24FNO4S/c1-15(2)27-19-9-7-16(8-10-19)21(24)23(18-11-12-28(25,26)14-18)13-17-5-3-4-6-20(17)22/h3-10,15,18H,11-14H2,1-2H3/t18-/m0/s1. The first kappa shape index (κ1) is 20.3. The zero-order valence-electron chi connectivity index (χ0n) is 16.0. The second-order valence-electron chi connectivity index (χ2n) is 7.27. The maximum Gasteiger partial charge on any atom is 0.254 e. The predicted molar refractivity (Wildman–Crippen MR) is 106 cm³/mol. The number of sulfone groups is 1. The highest BCUT2D eigenvalue weighted by Crippen LogP contribution is 2.24. The van der Waals surface area contributed by atoms with Gasteiger partial charge in [-0.05, 0) is 50.6 Å². The number of carbonyl (C=O) groups excluding carboxylic acids is 1. The zero-order chi connectivity index (χ0) is 20.3. The van der Waals surface area contributed by atoms with Gasteiger partial charge < -0.3 is 9.64 Å². The van der Waals surface area contributed by atoms with Crippen LogP contribution in [0.5, 0.6) is 5.75 Å². The predicted octanol–water partition coefficient (Wildman–Crippen LogP) is 3.44. The van der Waals surface area contributed by atoms with Gasteiger partial charge in [0.25, 0.3) is 5.91 Å². The van der Waals surface area contributed by atoms with Crippen molar-refractivity contribution in [2.24, 2.45) is 0 Å². The fourth-order valence-electron chi connectivity index (χ4n) is 3.31. The monoisotopic (exact) mass is 405 g/mol. The molecule has 0 radical (unpaired) electrons. The Hall–Kier alpha value is -2.41. The molecule has 0 aliphatic carbocycles. The summed E-state index contributed by atoms with van der Waals surface area (Å²) in [6.07, 6.45) is 0.375. The molecule has 0 N–H and O–H groups in total. The molecule has 1 fully saturated rings. The largest absolute Gasteiger partial charge is 0.491 e.